The Hall–Kier alpha value is -1.11. The van der Waals surface area contributed by atoms with Gasteiger partial charge in [-0.25, -0.2) is 0 Å². The zero-order valence-electron chi connectivity index (χ0n) is 13.5. The summed E-state index contributed by atoms with van der Waals surface area (Å²) in [6, 6.07) is 0. The summed E-state index contributed by atoms with van der Waals surface area (Å²) in [5.41, 5.74) is 4.91. The van der Waals surface area contributed by atoms with Crippen molar-refractivity contribution < 1.29 is 9.84 Å². The first-order chi connectivity index (χ1) is 9.17. The lowest BCUT2D eigenvalue weighted by Crippen LogP contribution is -2.48. The second-order valence-corrected chi connectivity index (χ2v) is 6.40. The molecule has 0 fully saturated rings. The average Bonchev–Trinajstić information content (AvgIpc) is 2.77. The molecule has 0 aliphatic heterocycles. The van der Waals surface area contributed by atoms with E-state index in [1.807, 2.05) is 34.9 Å². The lowest BCUT2D eigenvalue weighted by molar-refractivity contribution is -0.0643. The first-order valence-corrected chi connectivity index (χ1v) is 6.85. The zero-order valence-corrected chi connectivity index (χ0v) is 13.5. The molecule has 0 spiro atoms. The number of aromatic nitrogens is 2. The fraction of sp³-hybridized carbons (Fsp3) is 0.786. The van der Waals surface area contributed by atoms with E-state index in [2.05, 4.69) is 10.00 Å². The topological polar surface area (TPSA) is 76.5 Å². The Labute approximate surface area is 121 Å². The standard InChI is InChI=1S/C14H28N4O2/c1-13(2,3)14(19,10-15)12-11(20-6)9-16-18(12)8-7-17(4)5/h9,19H,7-8,10,15H2,1-6H3. The fourth-order valence-corrected chi connectivity index (χ4v) is 2.16. The predicted octanol–water partition coefficient (Wildman–Crippen LogP) is 0.646. The molecule has 0 saturated carbocycles. The van der Waals surface area contributed by atoms with E-state index >= 15 is 0 Å². The molecule has 1 aromatic heterocycles. The smallest absolute Gasteiger partial charge is 0.163 e. The van der Waals surface area contributed by atoms with Gasteiger partial charge in [-0.15, -0.1) is 0 Å². The number of likely N-dealkylation sites (N-methyl/N-ethyl adjacent to an activating group) is 1. The highest BCUT2D eigenvalue weighted by molar-refractivity contribution is 5.33. The minimum Gasteiger partial charge on any atom is -0.493 e. The molecule has 116 valence electrons. The molecule has 0 bridgehead atoms. The molecule has 20 heavy (non-hydrogen) atoms. The Morgan fingerprint density at radius 3 is 2.40 bits per heavy atom. The molecule has 0 amide bonds. The third-order valence-corrected chi connectivity index (χ3v) is 3.71. The van der Waals surface area contributed by atoms with Crippen molar-refractivity contribution >= 4 is 0 Å². The summed E-state index contributed by atoms with van der Waals surface area (Å²) in [5, 5.41) is 15.4. The number of hydrogen-bond acceptors (Lipinski definition) is 5. The molecular formula is C14H28N4O2. The van der Waals surface area contributed by atoms with Crippen LogP contribution in [0, 0.1) is 5.41 Å². The number of hydrogen-bond donors (Lipinski definition) is 2. The van der Waals surface area contributed by atoms with E-state index in [0.717, 1.165) is 6.54 Å². The maximum Gasteiger partial charge on any atom is 0.163 e. The average molecular weight is 284 g/mol. The fourth-order valence-electron chi connectivity index (χ4n) is 2.16. The van der Waals surface area contributed by atoms with Crippen molar-refractivity contribution in [3.8, 4) is 5.75 Å². The van der Waals surface area contributed by atoms with Crippen LogP contribution in [-0.4, -0.2) is 54.1 Å². The van der Waals surface area contributed by atoms with E-state index in [1.54, 1.807) is 18.0 Å². The molecule has 0 aliphatic carbocycles. The highest BCUT2D eigenvalue weighted by atomic mass is 16.5. The van der Waals surface area contributed by atoms with E-state index in [4.69, 9.17) is 10.5 Å². The number of rotatable bonds is 6. The lowest BCUT2D eigenvalue weighted by atomic mass is 9.74. The second kappa shape index (κ2) is 6.11. The maximum atomic E-state index is 11.1. The molecule has 0 aliphatic rings. The first-order valence-electron chi connectivity index (χ1n) is 6.85. The van der Waals surface area contributed by atoms with Crippen LogP contribution in [0.2, 0.25) is 0 Å². The molecule has 6 nitrogen and oxygen atoms in total. The van der Waals surface area contributed by atoms with Crippen LogP contribution in [0.5, 0.6) is 5.75 Å². The van der Waals surface area contributed by atoms with Gasteiger partial charge in [-0.2, -0.15) is 5.10 Å². The van der Waals surface area contributed by atoms with Crippen LogP contribution in [0.4, 0.5) is 0 Å². The summed E-state index contributed by atoms with van der Waals surface area (Å²) in [6.07, 6.45) is 1.64. The van der Waals surface area contributed by atoms with Gasteiger partial charge in [0.05, 0.1) is 19.9 Å². The molecule has 1 unspecified atom stereocenters. The molecule has 0 radical (unpaired) electrons. The zero-order chi connectivity index (χ0) is 15.6. The lowest BCUT2D eigenvalue weighted by Gasteiger charge is -2.40. The Kier molecular flexibility index (Phi) is 5.18. The molecule has 6 heteroatoms. The molecule has 1 atom stereocenters. The van der Waals surface area contributed by atoms with Gasteiger partial charge in [0.1, 0.15) is 11.3 Å². The highest BCUT2D eigenvalue weighted by Gasteiger charge is 2.45. The Morgan fingerprint density at radius 1 is 1.40 bits per heavy atom. The quantitative estimate of drug-likeness (QED) is 0.802. The molecule has 3 N–H and O–H groups in total. The van der Waals surface area contributed by atoms with Crippen LogP contribution >= 0.6 is 0 Å². The van der Waals surface area contributed by atoms with Crippen LogP contribution in [0.25, 0.3) is 0 Å². The molecular weight excluding hydrogens is 256 g/mol. The molecule has 1 aromatic rings. The number of aliphatic hydroxyl groups is 1. The van der Waals surface area contributed by atoms with E-state index in [-0.39, 0.29) is 6.54 Å². The second-order valence-electron chi connectivity index (χ2n) is 6.40. The van der Waals surface area contributed by atoms with E-state index in [9.17, 15) is 5.11 Å². The summed E-state index contributed by atoms with van der Waals surface area (Å²) >= 11 is 0. The SMILES string of the molecule is COc1cnn(CCN(C)C)c1C(O)(CN)C(C)(C)C. The first kappa shape index (κ1) is 16.9. The van der Waals surface area contributed by atoms with Crippen molar-refractivity contribution in [2.24, 2.45) is 11.1 Å². The van der Waals surface area contributed by atoms with E-state index in [0.29, 0.717) is 18.0 Å². The number of nitrogens with two attached hydrogens (primary N) is 1. The predicted molar refractivity (Wildman–Crippen MR) is 79.7 cm³/mol. The van der Waals surface area contributed by atoms with Crippen molar-refractivity contribution in [2.45, 2.75) is 32.9 Å². The van der Waals surface area contributed by atoms with E-state index in [1.165, 1.54) is 0 Å². The van der Waals surface area contributed by atoms with Crippen LogP contribution in [0.1, 0.15) is 26.5 Å². The van der Waals surface area contributed by atoms with Crippen molar-refractivity contribution in [1.82, 2.24) is 14.7 Å². The monoisotopic (exact) mass is 284 g/mol. The number of methoxy groups -OCH3 is 1. The van der Waals surface area contributed by atoms with E-state index < -0.39 is 11.0 Å². The minimum atomic E-state index is -1.19. The molecule has 0 aromatic carbocycles. The van der Waals surface area contributed by atoms with Crippen molar-refractivity contribution in [3.63, 3.8) is 0 Å². The summed E-state index contributed by atoms with van der Waals surface area (Å²) in [5.74, 6) is 0.576. The van der Waals surface area contributed by atoms with Gasteiger partial charge < -0.3 is 20.5 Å². The van der Waals surface area contributed by atoms with Gasteiger partial charge >= 0.3 is 0 Å². The van der Waals surface area contributed by atoms with Crippen LogP contribution in [0.15, 0.2) is 6.20 Å². The van der Waals surface area contributed by atoms with Gasteiger partial charge in [-0.05, 0) is 19.5 Å². The molecule has 1 rings (SSSR count). The van der Waals surface area contributed by atoms with Crippen LogP contribution < -0.4 is 10.5 Å². The number of ether oxygens (including phenoxy) is 1. The summed E-state index contributed by atoms with van der Waals surface area (Å²) in [4.78, 5) is 2.07. The normalized spacial score (nSPS) is 15.4. The van der Waals surface area contributed by atoms with Gasteiger partial charge in [-0.1, -0.05) is 20.8 Å². The Bertz CT molecular complexity index is 437. The van der Waals surface area contributed by atoms with Crippen molar-refractivity contribution in [3.05, 3.63) is 11.9 Å². The van der Waals surface area contributed by atoms with Gasteiger partial charge in [0.15, 0.2) is 5.75 Å². The largest absolute Gasteiger partial charge is 0.493 e. The summed E-state index contributed by atoms with van der Waals surface area (Å²) < 4.78 is 7.15. The van der Waals surface area contributed by atoms with Crippen molar-refractivity contribution in [1.29, 1.82) is 0 Å². The van der Waals surface area contributed by atoms with Gasteiger partial charge in [-0.3, -0.25) is 4.68 Å². The number of nitrogens with zero attached hydrogens (tertiary/aromatic N) is 3. The molecule has 0 saturated heterocycles. The Balaban J connectivity index is 3.28. The van der Waals surface area contributed by atoms with Crippen LogP contribution in [0.3, 0.4) is 0 Å². The third-order valence-electron chi connectivity index (χ3n) is 3.71. The van der Waals surface area contributed by atoms with Crippen molar-refractivity contribution in [2.75, 3.05) is 34.3 Å². The highest BCUT2D eigenvalue weighted by Crippen LogP contribution is 2.42. The summed E-state index contributed by atoms with van der Waals surface area (Å²) in [7, 11) is 5.58. The van der Waals surface area contributed by atoms with Gasteiger partial charge in [0, 0.05) is 13.1 Å². The maximum absolute atomic E-state index is 11.1. The van der Waals surface area contributed by atoms with Crippen LogP contribution in [-0.2, 0) is 12.1 Å². The van der Waals surface area contributed by atoms with Gasteiger partial charge in [0.2, 0.25) is 0 Å². The minimum absolute atomic E-state index is 0.112. The van der Waals surface area contributed by atoms with Gasteiger partial charge in [0.25, 0.3) is 0 Å². The summed E-state index contributed by atoms with van der Waals surface area (Å²) in [6.45, 7) is 7.49. The molecule has 1 heterocycles. The Morgan fingerprint density at radius 2 is 2.00 bits per heavy atom. The third kappa shape index (κ3) is 3.13.